The molecule has 2 rings (SSSR count). The van der Waals surface area contributed by atoms with Crippen molar-refractivity contribution in [3.63, 3.8) is 0 Å². The Morgan fingerprint density at radius 1 is 1.44 bits per heavy atom. The van der Waals surface area contributed by atoms with Gasteiger partial charge in [-0.15, -0.1) is 0 Å². The first-order valence-corrected chi connectivity index (χ1v) is 5.54. The summed E-state index contributed by atoms with van der Waals surface area (Å²) in [5.74, 6) is 1.62. The third-order valence-electron chi connectivity index (χ3n) is 2.46. The second kappa shape index (κ2) is 5.59. The molecule has 6 heteroatoms. The van der Waals surface area contributed by atoms with E-state index in [4.69, 9.17) is 19.9 Å². The summed E-state index contributed by atoms with van der Waals surface area (Å²) in [5.41, 5.74) is 5.73. The third-order valence-corrected chi connectivity index (χ3v) is 2.46. The van der Waals surface area contributed by atoms with E-state index in [9.17, 15) is 4.79 Å². The molecular formula is C12H15NO5. The number of benzene rings is 1. The molecule has 0 amide bonds. The quantitative estimate of drug-likeness (QED) is 0.777. The molecule has 1 aliphatic rings. The van der Waals surface area contributed by atoms with Gasteiger partial charge in [-0.2, -0.15) is 0 Å². The maximum absolute atomic E-state index is 11.0. The van der Waals surface area contributed by atoms with E-state index in [2.05, 4.69) is 4.74 Å². The molecule has 1 unspecified atom stereocenters. The Balaban J connectivity index is 1.85. The van der Waals surface area contributed by atoms with Gasteiger partial charge in [-0.25, -0.2) is 0 Å². The van der Waals surface area contributed by atoms with Crippen LogP contribution in [0.4, 0.5) is 0 Å². The molecule has 98 valence electrons. The highest BCUT2D eigenvalue weighted by atomic mass is 16.7. The molecule has 0 aliphatic carbocycles. The summed E-state index contributed by atoms with van der Waals surface area (Å²) in [4.78, 5) is 11.0. The summed E-state index contributed by atoms with van der Waals surface area (Å²) in [5, 5.41) is 0. The van der Waals surface area contributed by atoms with Gasteiger partial charge < -0.3 is 24.7 Å². The van der Waals surface area contributed by atoms with E-state index < -0.39 is 6.04 Å². The van der Waals surface area contributed by atoms with Crippen molar-refractivity contribution in [1.82, 2.24) is 0 Å². The van der Waals surface area contributed by atoms with Crippen molar-refractivity contribution in [2.45, 2.75) is 12.5 Å². The van der Waals surface area contributed by atoms with Gasteiger partial charge in [-0.3, -0.25) is 4.79 Å². The van der Waals surface area contributed by atoms with Gasteiger partial charge in [-0.05, 0) is 12.1 Å². The predicted octanol–water partition coefficient (Wildman–Crippen LogP) is 0.684. The van der Waals surface area contributed by atoms with Crippen LogP contribution >= 0.6 is 0 Å². The molecule has 18 heavy (non-hydrogen) atoms. The van der Waals surface area contributed by atoms with Crippen LogP contribution in [0.3, 0.4) is 0 Å². The molecule has 0 radical (unpaired) electrons. The zero-order valence-electron chi connectivity index (χ0n) is 10.0. The normalized spacial score (nSPS) is 14.1. The number of carbonyl (C=O) groups is 1. The number of hydrogen-bond donors (Lipinski definition) is 1. The number of rotatable bonds is 5. The topological polar surface area (TPSA) is 80.0 Å². The van der Waals surface area contributed by atoms with Crippen LogP contribution in [-0.2, 0) is 9.53 Å². The van der Waals surface area contributed by atoms with Gasteiger partial charge in [0.2, 0.25) is 6.79 Å². The predicted molar refractivity (Wildman–Crippen MR) is 62.7 cm³/mol. The monoisotopic (exact) mass is 253 g/mol. The molecule has 1 heterocycles. The molecule has 2 N–H and O–H groups in total. The van der Waals surface area contributed by atoms with Crippen molar-refractivity contribution >= 4 is 5.97 Å². The Bertz CT molecular complexity index is 434. The Hall–Kier alpha value is -1.95. The van der Waals surface area contributed by atoms with Crippen LogP contribution in [0.25, 0.3) is 0 Å². The summed E-state index contributed by atoms with van der Waals surface area (Å²) in [6.07, 6.45) is 0.126. The van der Waals surface area contributed by atoms with Crippen molar-refractivity contribution in [2.75, 3.05) is 20.5 Å². The molecule has 0 fully saturated rings. The lowest BCUT2D eigenvalue weighted by atomic mass is 10.2. The molecule has 0 saturated heterocycles. The van der Waals surface area contributed by atoms with Crippen LogP contribution in [0.5, 0.6) is 17.2 Å². The van der Waals surface area contributed by atoms with Crippen molar-refractivity contribution in [3.05, 3.63) is 18.2 Å². The van der Waals surface area contributed by atoms with Gasteiger partial charge in [0.1, 0.15) is 12.4 Å². The fraction of sp³-hybridized carbons (Fsp3) is 0.417. The number of hydrogen-bond acceptors (Lipinski definition) is 6. The van der Waals surface area contributed by atoms with Crippen molar-refractivity contribution in [3.8, 4) is 17.2 Å². The second-order valence-corrected chi connectivity index (χ2v) is 3.87. The van der Waals surface area contributed by atoms with Crippen LogP contribution in [-0.4, -0.2) is 32.5 Å². The summed E-state index contributed by atoms with van der Waals surface area (Å²) >= 11 is 0. The highest BCUT2D eigenvalue weighted by Crippen LogP contribution is 2.35. The summed E-state index contributed by atoms with van der Waals surface area (Å²) in [7, 11) is 1.33. The smallest absolute Gasteiger partial charge is 0.307 e. The van der Waals surface area contributed by atoms with Crippen molar-refractivity contribution in [2.24, 2.45) is 5.73 Å². The van der Waals surface area contributed by atoms with Crippen LogP contribution in [0, 0.1) is 0 Å². The van der Waals surface area contributed by atoms with Crippen LogP contribution < -0.4 is 19.9 Å². The lowest BCUT2D eigenvalue weighted by molar-refractivity contribution is -0.141. The van der Waals surface area contributed by atoms with E-state index in [0.29, 0.717) is 17.2 Å². The highest BCUT2D eigenvalue weighted by molar-refractivity contribution is 5.69. The first-order chi connectivity index (χ1) is 8.69. The van der Waals surface area contributed by atoms with E-state index in [1.54, 1.807) is 18.2 Å². The largest absolute Gasteiger partial charge is 0.492 e. The summed E-state index contributed by atoms with van der Waals surface area (Å²) < 4.78 is 20.4. The summed E-state index contributed by atoms with van der Waals surface area (Å²) in [6.45, 7) is 0.454. The third kappa shape index (κ3) is 3.04. The van der Waals surface area contributed by atoms with E-state index >= 15 is 0 Å². The zero-order chi connectivity index (χ0) is 13.0. The van der Waals surface area contributed by atoms with Gasteiger partial charge in [0, 0.05) is 12.1 Å². The number of methoxy groups -OCH3 is 1. The molecule has 1 aromatic rings. The number of ether oxygens (including phenoxy) is 4. The maximum Gasteiger partial charge on any atom is 0.307 e. The molecule has 0 saturated carbocycles. The Morgan fingerprint density at radius 2 is 2.22 bits per heavy atom. The SMILES string of the molecule is COC(=O)CC(N)COc1ccc2c(c1)OCO2. The first-order valence-electron chi connectivity index (χ1n) is 5.54. The molecule has 1 aromatic carbocycles. The van der Waals surface area contributed by atoms with Gasteiger partial charge in [-0.1, -0.05) is 0 Å². The molecule has 1 aliphatic heterocycles. The lowest BCUT2D eigenvalue weighted by Gasteiger charge is -2.12. The minimum absolute atomic E-state index is 0.126. The van der Waals surface area contributed by atoms with Crippen molar-refractivity contribution in [1.29, 1.82) is 0 Å². The van der Waals surface area contributed by atoms with E-state index in [1.807, 2.05) is 0 Å². The van der Waals surface area contributed by atoms with E-state index in [0.717, 1.165) is 0 Å². The first kappa shape index (κ1) is 12.5. The average molecular weight is 253 g/mol. The lowest BCUT2D eigenvalue weighted by Crippen LogP contribution is -2.30. The number of esters is 1. The Morgan fingerprint density at radius 3 is 3.00 bits per heavy atom. The Labute approximate surface area is 105 Å². The van der Waals surface area contributed by atoms with E-state index in [1.165, 1.54) is 7.11 Å². The zero-order valence-corrected chi connectivity index (χ0v) is 10.0. The minimum Gasteiger partial charge on any atom is -0.492 e. The van der Waals surface area contributed by atoms with Crippen LogP contribution in [0.1, 0.15) is 6.42 Å². The van der Waals surface area contributed by atoms with Gasteiger partial charge in [0.25, 0.3) is 0 Å². The average Bonchev–Trinajstić information content (AvgIpc) is 2.83. The molecule has 0 bridgehead atoms. The van der Waals surface area contributed by atoms with Crippen LogP contribution in [0.15, 0.2) is 18.2 Å². The number of nitrogens with two attached hydrogens (primary N) is 1. The fourth-order valence-corrected chi connectivity index (χ4v) is 1.53. The van der Waals surface area contributed by atoms with Gasteiger partial charge in [0.15, 0.2) is 11.5 Å². The maximum atomic E-state index is 11.0. The number of fused-ring (bicyclic) bond motifs is 1. The second-order valence-electron chi connectivity index (χ2n) is 3.87. The molecule has 0 aromatic heterocycles. The highest BCUT2D eigenvalue weighted by Gasteiger charge is 2.15. The standard InChI is InChI=1S/C12H15NO5/c1-15-12(14)4-8(13)6-16-9-2-3-10-11(5-9)18-7-17-10/h2-3,5,8H,4,6-7,13H2,1H3. The van der Waals surface area contributed by atoms with E-state index in [-0.39, 0.29) is 25.8 Å². The minimum atomic E-state index is -0.400. The summed E-state index contributed by atoms with van der Waals surface area (Å²) in [6, 6.07) is 4.86. The molecule has 1 atom stereocenters. The molecule has 6 nitrogen and oxygen atoms in total. The van der Waals surface area contributed by atoms with Gasteiger partial charge in [0.05, 0.1) is 13.5 Å². The van der Waals surface area contributed by atoms with Gasteiger partial charge >= 0.3 is 5.97 Å². The van der Waals surface area contributed by atoms with Crippen molar-refractivity contribution < 1.29 is 23.7 Å². The fourth-order valence-electron chi connectivity index (χ4n) is 1.53. The number of carbonyl (C=O) groups excluding carboxylic acids is 1. The van der Waals surface area contributed by atoms with Crippen LogP contribution in [0.2, 0.25) is 0 Å². The Kier molecular flexibility index (Phi) is 3.88. The molecular weight excluding hydrogens is 238 g/mol. The molecule has 0 spiro atoms.